The summed E-state index contributed by atoms with van der Waals surface area (Å²) in [5, 5.41) is 10.6. The van der Waals surface area contributed by atoms with E-state index in [9.17, 15) is 14.4 Å². The summed E-state index contributed by atoms with van der Waals surface area (Å²) in [6.07, 6.45) is 1.92. The van der Waals surface area contributed by atoms with Crippen molar-refractivity contribution in [2.75, 3.05) is 10.6 Å². The van der Waals surface area contributed by atoms with Gasteiger partial charge >= 0.3 is 5.76 Å². The minimum Gasteiger partial charge on any atom is -0.349 e. The Kier molecular flexibility index (Phi) is 6.87. The molecule has 0 saturated carbocycles. The number of carbonyl (C=O) groups is 2. The number of amides is 2. The van der Waals surface area contributed by atoms with Crippen molar-refractivity contribution in [3.8, 4) is 11.4 Å². The number of anilines is 2. The summed E-state index contributed by atoms with van der Waals surface area (Å²) in [5.74, 6) is -1.11. The Bertz CT molecular complexity index is 1640. The zero-order valence-electron chi connectivity index (χ0n) is 19.5. The molecule has 2 amide bonds. The molecular weight excluding hydrogens is 494 g/mol. The third-order valence-electron chi connectivity index (χ3n) is 5.81. The van der Waals surface area contributed by atoms with Gasteiger partial charge in [0.1, 0.15) is 5.69 Å². The van der Waals surface area contributed by atoms with Gasteiger partial charge in [0.15, 0.2) is 5.82 Å². The Hall–Kier alpha value is -4.63. The van der Waals surface area contributed by atoms with Crippen molar-refractivity contribution in [3.05, 3.63) is 99.6 Å². The normalized spacial score (nSPS) is 10.9. The quantitative estimate of drug-likeness (QED) is 0.220. The average Bonchev–Trinajstić information content (AvgIpc) is 3.53. The third kappa shape index (κ3) is 5.62. The maximum absolute atomic E-state index is 13.1. The van der Waals surface area contributed by atoms with Crippen LogP contribution in [0.25, 0.3) is 22.3 Å². The number of hydrogen-bond donors (Lipinski definition) is 4. The smallest absolute Gasteiger partial charge is 0.349 e. The number of fused-ring (bicyclic) bond motifs is 1. The van der Waals surface area contributed by atoms with Crippen molar-refractivity contribution in [1.82, 2.24) is 15.1 Å². The van der Waals surface area contributed by atoms with E-state index in [0.717, 1.165) is 18.2 Å². The highest BCUT2D eigenvalue weighted by Crippen LogP contribution is 2.29. The number of carbonyl (C=O) groups excluding carboxylic acids is 2. The van der Waals surface area contributed by atoms with Gasteiger partial charge in [0.05, 0.1) is 16.9 Å². The van der Waals surface area contributed by atoms with Crippen LogP contribution in [0.5, 0.6) is 0 Å². The first-order chi connectivity index (χ1) is 18.0. The number of nitrogens with one attached hydrogen (secondary N) is 4. The van der Waals surface area contributed by atoms with Crippen molar-refractivity contribution in [2.24, 2.45) is 0 Å². The summed E-state index contributed by atoms with van der Waals surface area (Å²) >= 11 is 6.10. The molecule has 2 aromatic heterocycles. The van der Waals surface area contributed by atoms with E-state index in [1.807, 2.05) is 42.5 Å². The lowest BCUT2D eigenvalue weighted by molar-refractivity contribution is -0.116. The van der Waals surface area contributed by atoms with E-state index in [0.29, 0.717) is 33.9 Å². The van der Waals surface area contributed by atoms with Crippen LogP contribution in [0.1, 0.15) is 28.9 Å². The van der Waals surface area contributed by atoms with E-state index in [2.05, 4.69) is 30.3 Å². The Morgan fingerprint density at radius 3 is 2.54 bits per heavy atom. The molecule has 0 spiro atoms. The number of halogens is 1. The highest BCUT2D eigenvalue weighted by Gasteiger charge is 2.17. The molecule has 0 aliphatic carbocycles. The van der Waals surface area contributed by atoms with Gasteiger partial charge in [-0.25, -0.2) is 4.79 Å². The van der Waals surface area contributed by atoms with Crippen LogP contribution in [-0.2, 0) is 11.2 Å². The molecule has 0 aliphatic heterocycles. The van der Waals surface area contributed by atoms with Crippen LogP contribution in [0.2, 0.25) is 5.02 Å². The molecule has 0 aliphatic rings. The van der Waals surface area contributed by atoms with Gasteiger partial charge in [0.25, 0.3) is 5.91 Å². The highest BCUT2D eigenvalue weighted by molar-refractivity contribution is 6.31. The molecule has 0 atom stereocenters. The van der Waals surface area contributed by atoms with Gasteiger partial charge in [-0.05, 0) is 48.7 Å². The number of aryl methyl sites for hydroxylation is 1. The van der Waals surface area contributed by atoms with Crippen LogP contribution in [-0.4, -0.2) is 26.9 Å². The minimum atomic E-state index is -0.725. The fraction of sp³-hybridized carbons (Fsp3) is 0.111. The Balaban J connectivity index is 1.30. The molecule has 9 nitrogen and oxygen atoms in total. The lowest BCUT2D eigenvalue weighted by Gasteiger charge is -2.09. The molecule has 0 radical (unpaired) electrons. The standard InChI is InChI=1S/C27H22ClN5O4/c28-18-12-13-20(19(15-18)25-32-27(36)37-33-25)31-26(35)22-14-17-9-5-10-21(24(17)30-22)29-23(34)11-4-8-16-6-2-1-3-7-16/h1-3,5-7,9-10,12-15,30H,4,8,11H2,(H,29,34)(H,31,35)(H,32,33,36). The average molecular weight is 516 g/mol. The van der Waals surface area contributed by atoms with Gasteiger partial charge < -0.3 is 15.6 Å². The Morgan fingerprint density at radius 2 is 1.76 bits per heavy atom. The molecular formula is C27H22ClN5O4. The predicted octanol–water partition coefficient (Wildman–Crippen LogP) is 5.38. The van der Waals surface area contributed by atoms with Gasteiger partial charge in [0.2, 0.25) is 5.91 Å². The number of nitrogens with zero attached hydrogens (tertiary/aromatic N) is 1. The van der Waals surface area contributed by atoms with Crippen LogP contribution in [0.15, 0.2) is 82.1 Å². The molecule has 37 heavy (non-hydrogen) atoms. The molecule has 186 valence electrons. The first-order valence-corrected chi connectivity index (χ1v) is 12.0. The first-order valence-electron chi connectivity index (χ1n) is 11.6. The summed E-state index contributed by atoms with van der Waals surface area (Å²) in [6.45, 7) is 0. The maximum atomic E-state index is 13.1. The summed E-state index contributed by atoms with van der Waals surface area (Å²) in [4.78, 5) is 42.6. The summed E-state index contributed by atoms with van der Waals surface area (Å²) in [6, 6.07) is 21.9. The second-order valence-electron chi connectivity index (χ2n) is 8.43. The Labute approximate surface area is 215 Å². The molecule has 3 aromatic carbocycles. The van der Waals surface area contributed by atoms with Crippen molar-refractivity contribution >= 4 is 45.7 Å². The monoisotopic (exact) mass is 515 g/mol. The van der Waals surface area contributed by atoms with Gasteiger partial charge in [-0.3, -0.25) is 19.1 Å². The summed E-state index contributed by atoms with van der Waals surface area (Å²) in [7, 11) is 0. The fourth-order valence-corrected chi connectivity index (χ4v) is 4.22. The number of H-pyrrole nitrogens is 2. The lowest BCUT2D eigenvalue weighted by Crippen LogP contribution is -2.13. The number of hydrogen-bond acceptors (Lipinski definition) is 5. The number of aromatic nitrogens is 3. The summed E-state index contributed by atoms with van der Waals surface area (Å²) < 4.78 is 4.58. The first kappa shape index (κ1) is 24.1. The van der Waals surface area contributed by atoms with Crippen LogP contribution in [0, 0.1) is 0 Å². The lowest BCUT2D eigenvalue weighted by atomic mass is 10.1. The van der Waals surface area contributed by atoms with Crippen LogP contribution in [0.4, 0.5) is 11.4 Å². The second kappa shape index (κ2) is 10.5. The van der Waals surface area contributed by atoms with Crippen LogP contribution < -0.4 is 16.4 Å². The number of para-hydroxylation sites is 1. The predicted molar refractivity (Wildman–Crippen MR) is 142 cm³/mol. The zero-order chi connectivity index (χ0) is 25.8. The topological polar surface area (TPSA) is 133 Å². The summed E-state index contributed by atoms with van der Waals surface area (Å²) in [5.41, 5.74) is 3.48. The van der Waals surface area contributed by atoms with E-state index in [-0.39, 0.29) is 17.4 Å². The van der Waals surface area contributed by atoms with E-state index < -0.39 is 11.7 Å². The molecule has 0 saturated heterocycles. The maximum Gasteiger partial charge on any atom is 0.439 e. The van der Waals surface area contributed by atoms with Crippen LogP contribution >= 0.6 is 11.6 Å². The van der Waals surface area contributed by atoms with Crippen molar-refractivity contribution in [2.45, 2.75) is 19.3 Å². The molecule has 5 aromatic rings. The number of rotatable bonds is 8. The SMILES string of the molecule is O=C(CCCc1ccccc1)Nc1cccc2cc(C(=O)Nc3ccc(Cl)cc3-c3noc(=O)[nH]3)[nH]c12. The largest absolute Gasteiger partial charge is 0.439 e. The number of aromatic amines is 2. The van der Waals surface area contributed by atoms with Crippen molar-refractivity contribution < 1.29 is 14.1 Å². The van der Waals surface area contributed by atoms with Gasteiger partial charge in [-0.2, -0.15) is 0 Å². The fourth-order valence-electron chi connectivity index (χ4n) is 4.05. The van der Waals surface area contributed by atoms with Gasteiger partial charge in [-0.15, -0.1) is 0 Å². The molecule has 4 N–H and O–H groups in total. The molecule has 0 unspecified atom stereocenters. The van der Waals surface area contributed by atoms with E-state index in [1.54, 1.807) is 30.3 Å². The number of benzene rings is 3. The molecule has 2 heterocycles. The molecule has 10 heteroatoms. The third-order valence-corrected chi connectivity index (χ3v) is 6.05. The molecule has 5 rings (SSSR count). The van der Waals surface area contributed by atoms with E-state index in [1.165, 1.54) is 5.56 Å². The van der Waals surface area contributed by atoms with E-state index in [4.69, 9.17) is 11.6 Å². The minimum absolute atomic E-state index is 0.101. The zero-order valence-corrected chi connectivity index (χ0v) is 20.3. The van der Waals surface area contributed by atoms with Gasteiger partial charge in [0, 0.05) is 22.4 Å². The Morgan fingerprint density at radius 1 is 0.919 bits per heavy atom. The van der Waals surface area contributed by atoms with Crippen molar-refractivity contribution in [1.29, 1.82) is 0 Å². The van der Waals surface area contributed by atoms with Crippen molar-refractivity contribution in [3.63, 3.8) is 0 Å². The molecule has 0 fully saturated rings. The van der Waals surface area contributed by atoms with Crippen LogP contribution in [0.3, 0.4) is 0 Å². The van der Waals surface area contributed by atoms with Gasteiger partial charge in [-0.1, -0.05) is 59.2 Å². The highest BCUT2D eigenvalue weighted by atomic mass is 35.5. The molecule has 0 bridgehead atoms. The second-order valence-corrected chi connectivity index (χ2v) is 8.86. The van der Waals surface area contributed by atoms with E-state index >= 15 is 0 Å².